The molecule has 0 atom stereocenters. The zero-order chi connectivity index (χ0) is 18.6. The van der Waals surface area contributed by atoms with Crippen molar-refractivity contribution in [2.45, 2.75) is 25.7 Å². The van der Waals surface area contributed by atoms with E-state index >= 15 is 0 Å². The van der Waals surface area contributed by atoms with Crippen molar-refractivity contribution in [3.05, 3.63) is 29.8 Å². The number of hydrogen-bond acceptors (Lipinski definition) is 5. The summed E-state index contributed by atoms with van der Waals surface area (Å²) in [7, 11) is 0. The maximum atomic E-state index is 12.5. The summed E-state index contributed by atoms with van der Waals surface area (Å²) in [4.78, 5) is 28.9. The lowest BCUT2D eigenvalue weighted by Crippen LogP contribution is -2.43. The summed E-state index contributed by atoms with van der Waals surface area (Å²) in [5.41, 5.74) is 0.932. The monoisotopic (exact) mass is 406 g/mol. The predicted octanol–water partition coefficient (Wildman–Crippen LogP) is 2.75. The van der Waals surface area contributed by atoms with Crippen molar-refractivity contribution in [1.82, 2.24) is 9.80 Å². The summed E-state index contributed by atoms with van der Waals surface area (Å²) in [5, 5.41) is 0. The molecule has 7 heteroatoms. The van der Waals surface area contributed by atoms with E-state index in [1.165, 1.54) is 0 Å². The average molecular weight is 407 g/mol. The van der Waals surface area contributed by atoms with Gasteiger partial charge in [0.25, 0.3) is 0 Å². The molecule has 0 aromatic heterocycles. The molecule has 6 nitrogen and oxygen atoms in total. The number of amides is 1. The number of hydrogen-bond donors (Lipinski definition) is 0. The largest absolute Gasteiger partial charge is 0.454 e. The smallest absolute Gasteiger partial charge is 0.236 e. The van der Waals surface area contributed by atoms with Crippen LogP contribution in [0.25, 0.3) is 6.08 Å². The van der Waals surface area contributed by atoms with Crippen LogP contribution in [0.3, 0.4) is 0 Å². The Kier molecular flexibility index (Phi) is 6.97. The topological polar surface area (TPSA) is 59.1 Å². The van der Waals surface area contributed by atoms with Gasteiger partial charge in [-0.25, -0.2) is 0 Å². The minimum Gasteiger partial charge on any atom is -0.454 e. The van der Waals surface area contributed by atoms with Gasteiger partial charge in [-0.1, -0.05) is 12.1 Å². The Bertz CT molecular complexity index is 738. The molecule has 3 aliphatic rings. The van der Waals surface area contributed by atoms with Crippen LogP contribution >= 0.6 is 12.4 Å². The SMILES string of the molecule is Cl.O=C(/C=C/c1ccc2c(c1)OCO2)C1CCN(CC(=O)N2CCCC2)CC1. The van der Waals surface area contributed by atoms with Crippen LogP contribution in [0.15, 0.2) is 24.3 Å². The summed E-state index contributed by atoms with van der Waals surface area (Å²) >= 11 is 0. The quantitative estimate of drug-likeness (QED) is 0.704. The van der Waals surface area contributed by atoms with Crippen molar-refractivity contribution in [3.8, 4) is 11.5 Å². The molecule has 4 rings (SSSR count). The van der Waals surface area contributed by atoms with Crippen molar-refractivity contribution < 1.29 is 19.1 Å². The van der Waals surface area contributed by atoms with E-state index in [9.17, 15) is 9.59 Å². The second-order valence-corrected chi connectivity index (χ2v) is 7.49. The van der Waals surface area contributed by atoms with Gasteiger partial charge in [-0.15, -0.1) is 12.4 Å². The molecule has 1 aromatic carbocycles. The first kappa shape index (κ1) is 20.7. The number of carbonyl (C=O) groups is 2. The molecule has 0 spiro atoms. The van der Waals surface area contributed by atoms with Crippen molar-refractivity contribution in [2.75, 3.05) is 39.5 Å². The first-order valence-electron chi connectivity index (χ1n) is 9.81. The summed E-state index contributed by atoms with van der Waals surface area (Å²) in [5.74, 6) is 1.92. The van der Waals surface area contributed by atoms with Gasteiger partial charge < -0.3 is 14.4 Å². The van der Waals surface area contributed by atoms with Crippen LogP contribution < -0.4 is 9.47 Å². The Labute approximate surface area is 171 Å². The molecule has 0 N–H and O–H groups in total. The molecule has 0 unspecified atom stereocenters. The molecule has 1 aromatic rings. The van der Waals surface area contributed by atoms with Gasteiger partial charge in [0.1, 0.15) is 0 Å². The Morgan fingerprint density at radius 2 is 1.75 bits per heavy atom. The normalized spacial score (nSPS) is 19.8. The minimum atomic E-state index is 0. The molecule has 2 saturated heterocycles. The lowest BCUT2D eigenvalue weighted by molar-refractivity contribution is -0.131. The average Bonchev–Trinajstić information content (AvgIpc) is 3.38. The number of nitrogens with zero attached hydrogens (tertiary/aromatic N) is 2. The molecule has 3 heterocycles. The maximum absolute atomic E-state index is 12.5. The second kappa shape index (κ2) is 9.43. The number of piperidine rings is 1. The van der Waals surface area contributed by atoms with Crippen LogP contribution in [0.4, 0.5) is 0 Å². The second-order valence-electron chi connectivity index (χ2n) is 7.49. The lowest BCUT2D eigenvalue weighted by Gasteiger charge is -2.31. The molecule has 0 saturated carbocycles. The van der Waals surface area contributed by atoms with E-state index in [2.05, 4.69) is 4.90 Å². The number of ketones is 1. The summed E-state index contributed by atoms with van der Waals surface area (Å²) in [6.45, 7) is 4.17. The first-order valence-corrected chi connectivity index (χ1v) is 9.81. The Morgan fingerprint density at radius 3 is 2.50 bits per heavy atom. The van der Waals surface area contributed by atoms with Crippen LogP contribution in [-0.2, 0) is 9.59 Å². The number of benzene rings is 1. The highest BCUT2D eigenvalue weighted by atomic mass is 35.5. The van der Waals surface area contributed by atoms with Crippen molar-refractivity contribution in [2.24, 2.45) is 5.92 Å². The molecule has 0 aliphatic carbocycles. The fraction of sp³-hybridized carbons (Fsp3) is 0.524. The van der Waals surface area contributed by atoms with Crippen LogP contribution in [0, 0.1) is 5.92 Å². The molecule has 0 bridgehead atoms. The third-order valence-corrected chi connectivity index (χ3v) is 5.64. The summed E-state index contributed by atoms with van der Waals surface area (Å²) in [6.07, 6.45) is 7.39. The minimum absolute atomic E-state index is 0. The third-order valence-electron chi connectivity index (χ3n) is 5.64. The van der Waals surface area contributed by atoms with Gasteiger partial charge in [0.2, 0.25) is 12.7 Å². The van der Waals surface area contributed by atoms with E-state index in [-0.39, 0.29) is 36.8 Å². The van der Waals surface area contributed by atoms with Crippen molar-refractivity contribution in [3.63, 3.8) is 0 Å². The van der Waals surface area contributed by atoms with Gasteiger partial charge in [0.15, 0.2) is 17.3 Å². The van der Waals surface area contributed by atoms with Gasteiger partial charge in [-0.05, 0) is 62.5 Å². The first-order chi connectivity index (χ1) is 13.2. The van der Waals surface area contributed by atoms with Crippen molar-refractivity contribution >= 4 is 30.2 Å². The van der Waals surface area contributed by atoms with E-state index in [1.807, 2.05) is 29.2 Å². The Hall–Kier alpha value is -2.05. The van der Waals surface area contributed by atoms with Gasteiger partial charge in [-0.2, -0.15) is 0 Å². The van der Waals surface area contributed by atoms with Crippen LogP contribution in [0.1, 0.15) is 31.2 Å². The number of halogens is 1. The molecule has 152 valence electrons. The van der Waals surface area contributed by atoms with E-state index in [0.717, 1.165) is 68.9 Å². The number of likely N-dealkylation sites (tertiary alicyclic amines) is 2. The zero-order valence-electron chi connectivity index (χ0n) is 16.0. The fourth-order valence-corrected chi connectivity index (χ4v) is 3.96. The highest BCUT2D eigenvalue weighted by Crippen LogP contribution is 2.32. The molecular formula is C21H27ClN2O4. The van der Waals surface area contributed by atoms with Crippen LogP contribution in [-0.4, -0.2) is 61.0 Å². The summed E-state index contributed by atoms with van der Waals surface area (Å²) < 4.78 is 10.7. The lowest BCUT2D eigenvalue weighted by atomic mass is 9.92. The van der Waals surface area contributed by atoms with E-state index in [4.69, 9.17) is 9.47 Å². The Morgan fingerprint density at radius 1 is 1.04 bits per heavy atom. The number of rotatable bonds is 5. The van der Waals surface area contributed by atoms with Crippen molar-refractivity contribution in [1.29, 1.82) is 0 Å². The van der Waals surface area contributed by atoms with Gasteiger partial charge in [0, 0.05) is 19.0 Å². The Balaban J connectivity index is 0.00000225. The molecule has 0 radical (unpaired) electrons. The molecule has 2 fully saturated rings. The number of fused-ring (bicyclic) bond motifs is 1. The highest BCUT2D eigenvalue weighted by molar-refractivity contribution is 5.95. The van der Waals surface area contributed by atoms with Crippen LogP contribution in [0.2, 0.25) is 0 Å². The molecule has 28 heavy (non-hydrogen) atoms. The fourth-order valence-electron chi connectivity index (χ4n) is 3.96. The van der Waals surface area contributed by atoms with E-state index in [0.29, 0.717) is 6.54 Å². The molecule has 1 amide bonds. The van der Waals surface area contributed by atoms with Crippen LogP contribution in [0.5, 0.6) is 11.5 Å². The van der Waals surface area contributed by atoms with E-state index in [1.54, 1.807) is 6.08 Å². The molecular weight excluding hydrogens is 380 g/mol. The zero-order valence-corrected chi connectivity index (χ0v) is 16.8. The predicted molar refractivity (Wildman–Crippen MR) is 109 cm³/mol. The number of carbonyl (C=O) groups excluding carboxylic acids is 2. The van der Waals surface area contributed by atoms with Gasteiger partial charge in [0.05, 0.1) is 6.54 Å². The van der Waals surface area contributed by atoms with Gasteiger partial charge in [-0.3, -0.25) is 14.5 Å². The maximum Gasteiger partial charge on any atom is 0.236 e. The number of ether oxygens (including phenoxy) is 2. The number of allylic oxidation sites excluding steroid dienone is 1. The highest BCUT2D eigenvalue weighted by Gasteiger charge is 2.26. The van der Waals surface area contributed by atoms with E-state index < -0.39 is 0 Å². The standard InChI is InChI=1S/C21H26N2O4.ClH/c24-18(5-3-16-4-6-19-20(13-16)27-15-26-19)17-7-11-22(12-8-17)14-21(25)23-9-1-2-10-23;/h3-6,13,17H,1-2,7-12,14-15H2;1H/b5-3+;. The van der Waals surface area contributed by atoms with Gasteiger partial charge >= 0.3 is 0 Å². The summed E-state index contributed by atoms with van der Waals surface area (Å²) in [6, 6.07) is 5.67. The molecule has 3 aliphatic heterocycles. The third kappa shape index (κ3) is 4.86.